The van der Waals surface area contributed by atoms with E-state index in [1.54, 1.807) is 0 Å². The van der Waals surface area contributed by atoms with Gasteiger partial charge in [0.2, 0.25) is 0 Å². The van der Waals surface area contributed by atoms with Gasteiger partial charge in [-0.2, -0.15) is 0 Å². The molecule has 0 amide bonds. The third kappa shape index (κ3) is 4.20. The van der Waals surface area contributed by atoms with Gasteiger partial charge in [0.05, 0.1) is 0 Å². The van der Waals surface area contributed by atoms with Crippen LogP contribution in [0, 0.1) is 17.3 Å². The van der Waals surface area contributed by atoms with Crippen LogP contribution >= 0.6 is 0 Å². The standard InChI is InChI=1S/C14H24O3.C2H6/c1-2-14(9-12(15)13(16)17)7-10-4-3-5-11(6-10)8-14;1-2/h10-12,15H,2-9H2,1H3,(H,16,17);1-2H3. The number of carbonyl (C=O) groups is 1. The second-order valence-electron chi connectivity index (χ2n) is 6.22. The van der Waals surface area contributed by atoms with Gasteiger partial charge in [0.15, 0.2) is 6.10 Å². The second kappa shape index (κ2) is 7.28. The molecule has 2 aliphatic carbocycles. The Morgan fingerprint density at radius 3 is 2.21 bits per heavy atom. The number of hydrogen-bond donors (Lipinski definition) is 2. The topological polar surface area (TPSA) is 57.5 Å². The third-order valence-corrected chi connectivity index (χ3v) is 5.00. The van der Waals surface area contributed by atoms with Crippen molar-refractivity contribution >= 4 is 5.97 Å². The predicted molar refractivity (Wildman–Crippen MR) is 77.0 cm³/mol. The smallest absolute Gasteiger partial charge is 0.332 e. The van der Waals surface area contributed by atoms with Crippen LogP contribution in [0.3, 0.4) is 0 Å². The molecule has 0 spiro atoms. The van der Waals surface area contributed by atoms with Gasteiger partial charge in [-0.15, -0.1) is 0 Å². The van der Waals surface area contributed by atoms with E-state index in [2.05, 4.69) is 6.92 Å². The monoisotopic (exact) mass is 270 g/mol. The Bertz CT molecular complexity index is 276. The molecule has 2 fully saturated rings. The van der Waals surface area contributed by atoms with Crippen molar-refractivity contribution < 1.29 is 15.0 Å². The van der Waals surface area contributed by atoms with Crippen LogP contribution in [-0.2, 0) is 4.79 Å². The lowest BCUT2D eigenvalue weighted by atomic mass is 9.58. The maximum Gasteiger partial charge on any atom is 0.332 e. The minimum atomic E-state index is -1.17. The molecule has 19 heavy (non-hydrogen) atoms. The number of fused-ring (bicyclic) bond motifs is 2. The van der Waals surface area contributed by atoms with Crippen molar-refractivity contribution in [1.82, 2.24) is 0 Å². The number of aliphatic carboxylic acids is 1. The molecule has 2 aliphatic rings. The Balaban J connectivity index is 0.000000861. The van der Waals surface area contributed by atoms with E-state index < -0.39 is 12.1 Å². The lowest BCUT2D eigenvalue weighted by Gasteiger charge is -2.47. The third-order valence-electron chi connectivity index (χ3n) is 5.00. The normalized spacial score (nSPS) is 34.9. The Labute approximate surface area is 117 Å². The van der Waals surface area contributed by atoms with Gasteiger partial charge in [0.25, 0.3) is 0 Å². The fraction of sp³-hybridized carbons (Fsp3) is 0.938. The summed E-state index contributed by atoms with van der Waals surface area (Å²) in [4.78, 5) is 10.8. The summed E-state index contributed by atoms with van der Waals surface area (Å²) in [5.74, 6) is 0.500. The first kappa shape index (κ1) is 16.5. The summed E-state index contributed by atoms with van der Waals surface area (Å²) >= 11 is 0. The van der Waals surface area contributed by atoms with Gasteiger partial charge in [0, 0.05) is 0 Å². The summed E-state index contributed by atoms with van der Waals surface area (Å²) in [5, 5.41) is 18.5. The van der Waals surface area contributed by atoms with Gasteiger partial charge in [0.1, 0.15) is 0 Å². The molecule has 2 saturated carbocycles. The molecule has 2 N–H and O–H groups in total. The first-order valence-corrected chi connectivity index (χ1v) is 7.95. The van der Waals surface area contributed by atoms with E-state index in [4.69, 9.17) is 5.11 Å². The van der Waals surface area contributed by atoms with Crippen LogP contribution in [0.5, 0.6) is 0 Å². The zero-order valence-electron chi connectivity index (χ0n) is 12.7. The van der Waals surface area contributed by atoms with Crippen molar-refractivity contribution in [2.45, 2.75) is 78.2 Å². The van der Waals surface area contributed by atoms with Crippen molar-refractivity contribution in [3.8, 4) is 0 Å². The Hall–Kier alpha value is -0.570. The van der Waals surface area contributed by atoms with E-state index in [-0.39, 0.29) is 5.41 Å². The lowest BCUT2D eigenvalue weighted by molar-refractivity contribution is -0.149. The van der Waals surface area contributed by atoms with Crippen LogP contribution in [0.2, 0.25) is 0 Å². The van der Waals surface area contributed by atoms with E-state index in [1.165, 1.54) is 25.7 Å². The zero-order chi connectivity index (χ0) is 14.5. The molecule has 0 radical (unpaired) electrons. The van der Waals surface area contributed by atoms with Crippen molar-refractivity contribution in [1.29, 1.82) is 0 Å². The van der Waals surface area contributed by atoms with Crippen molar-refractivity contribution in [3.05, 3.63) is 0 Å². The Morgan fingerprint density at radius 2 is 1.79 bits per heavy atom. The van der Waals surface area contributed by atoms with Gasteiger partial charge < -0.3 is 10.2 Å². The second-order valence-corrected chi connectivity index (χ2v) is 6.22. The average molecular weight is 270 g/mol. The lowest BCUT2D eigenvalue weighted by Crippen LogP contribution is -2.39. The minimum absolute atomic E-state index is 0.0891. The molecule has 0 heterocycles. The van der Waals surface area contributed by atoms with Gasteiger partial charge in [-0.05, 0) is 42.9 Å². The predicted octanol–water partition coefficient (Wildman–Crippen LogP) is 3.84. The molecule has 0 aromatic heterocycles. The highest BCUT2D eigenvalue weighted by Gasteiger charge is 2.42. The van der Waals surface area contributed by atoms with E-state index in [9.17, 15) is 9.90 Å². The average Bonchev–Trinajstić information content (AvgIpc) is 2.40. The summed E-state index contributed by atoms with van der Waals surface area (Å²) < 4.78 is 0. The van der Waals surface area contributed by atoms with Gasteiger partial charge in [-0.1, -0.05) is 46.5 Å². The number of carboxylic acid groups (broad SMARTS) is 1. The SMILES string of the molecule is CC.CCC1(CC(O)C(=O)O)CC2CCCC(C2)C1. The van der Waals surface area contributed by atoms with Crippen LogP contribution in [0.25, 0.3) is 0 Å². The summed E-state index contributed by atoms with van der Waals surface area (Å²) in [6.07, 6.45) is 7.84. The number of aliphatic hydroxyl groups excluding tert-OH is 1. The number of carboxylic acids is 1. The van der Waals surface area contributed by atoms with Crippen molar-refractivity contribution in [3.63, 3.8) is 0 Å². The summed E-state index contributed by atoms with van der Waals surface area (Å²) in [6.45, 7) is 6.15. The van der Waals surface area contributed by atoms with Crippen LogP contribution in [-0.4, -0.2) is 22.3 Å². The number of rotatable bonds is 4. The highest BCUT2D eigenvalue weighted by molar-refractivity contribution is 5.71. The molecule has 3 heteroatoms. The quantitative estimate of drug-likeness (QED) is 0.816. The number of hydrogen-bond acceptors (Lipinski definition) is 2. The number of aliphatic hydroxyl groups is 1. The zero-order valence-corrected chi connectivity index (χ0v) is 12.7. The highest BCUT2D eigenvalue weighted by atomic mass is 16.4. The minimum Gasteiger partial charge on any atom is -0.479 e. The highest BCUT2D eigenvalue weighted by Crippen LogP contribution is 2.52. The molecule has 3 unspecified atom stereocenters. The fourth-order valence-corrected chi connectivity index (χ4v) is 4.18. The molecule has 0 saturated heterocycles. The van der Waals surface area contributed by atoms with E-state index in [0.717, 1.165) is 31.1 Å². The molecule has 112 valence electrons. The first-order valence-electron chi connectivity index (χ1n) is 7.95. The maximum atomic E-state index is 10.8. The maximum absolute atomic E-state index is 10.8. The van der Waals surface area contributed by atoms with Gasteiger partial charge in [-0.3, -0.25) is 0 Å². The molecule has 0 aliphatic heterocycles. The van der Waals surface area contributed by atoms with Crippen LogP contribution in [0.4, 0.5) is 0 Å². The molecular formula is C16H30O3. The van der Waals surface area contributed by atoms with E-state index in [1.807, 2.05) is 13.8 Å². The summed E-state index contributed by atoms with van der Waals surface area (Å²) in [5.41, 5.74) is 0.0891. The van der Waals surface area contributed by atoms with Gasteiger partial charge >= 0.3 is 5.97 Å². The van der Waals surface area contributed by atoms with E-state index in [0.29, 0.717) is 6.42 Å². The molecule has 3 atom stereocenters. The Kier molecular flexibility index (Phi) is 6.31. The largest absolute Gasteiger partial charge is 0.479 e. The Morgan fingerprint density at radius 1 is 1.26 bits per heavy atom. The summed E-state index contributed by atoms with van der Waals surface area (Å²) in [6, 6.07) is 0. The van der Waals surface area contributed by atoms with Crippen LogP contribution in [0.1, 0.15) is 72.1 Å². The molecular weight excluding hydrogens is 240 g/mol. The molecule has 0 aromatic carbocycles. The van der Waals surface area contributed by atoms with Crippen molar-refractivity contribution in [2.75, 3.05) is 0 Å². The van der Waals surface area contributed by atoms with E-state index >= 15 is 0 Å². The molecule has 0 aromatic rings. The molecule has 2 bridgehead atoms. The van der Waals surface area contributed by atoms with Crippen molar-refractivity contribution in [2.24, 2.45) is 17.3 Å². The molecule has 2 rings (SSSR count). The summed E-state index contributed by atoms with van der Waals surface area (Å²) in [7, 11) is 0. The molecule has 3 nitrogen and oxygen atoms in total. The van der Waals surface area contributed by atoms with Crippen LogP contribution < -0.4 is 0 Å². The van der Waals surface area contributed by atoms with Gasteiger partial charge in [-0.25, -0.2) is 4.79 Å². The van der Waals surface area contributed by atoms with Crippen LogP contribution in [0.15, 0.2) is 0 Å². The fourth-order valence-electron chi connectivity index (χ4n) is 4.18. The first-order chi connectivity index (χ1) is 9.04.